The molecule has 2 unspecified atom stereocenters. The van der Waals surface area contributed by atoms with Gasteiger partial charge < -0.3 is 10.1 Å². The van der Waals surface area contributed by atoms with Crippen molar-refractivity contribution in [3.63, 3.8) is 0 Å². The van der Waals surface area contributed by atoms with Crippen molar-refractivity contribution in [1.29, 1.82) is 5.26 Å². The number of morpholine rings is 1. The average molecular weight is 182 g/mol. The molecule has 0 aromatic carbocycles. The fourth-order valence-electron chi connectivity index (χ4n) is 1.52. The first-order valence-corrected chi connectivity index (χ1v) is 5.05. The lowest BCUT2D eigenvalue weighted by molar-refractivity contribution is 0.0218. The molecule has 0 radical (unpaired) electrons. The SMILES string of the molecule is CC(C#N)CCCC1CNCCO1. The summed E-state index contributed by atoms with van der Waals surface area (Å²) in [5.41, 5.74) is 0. The summed E-state index contributed by atoms with van der Waals surface area (Å²) in [6, 6.07) is 2.25. The van der Waals surface area contributed by atoms with Gasteiger partial charge in [0.05, 0.1) is 18.8 Å². The van der Waals surface area contributed by atoms with Gasteiger partial charge in [0.15, 0.2) is 0 Å². The standard InChI is InChI=1S/C10H18N2O/c1-9(7-11)3-2-4-10-8-12-5-6-13-10/h9-10,12H,2-6,8H2,1H3. The van der Waals surface area contributed by atoms with E-state index in [9.17, 15) is 0 Å². The van der Waals surface area contributed by atoms with Gasteiger partial charge in [0.25, 0.3) is 0 Å². The third kappa shape index (κ3) is 4.25. The van der Waals surface area contributed by atoms with Gasteiger partial charge in [-0.2, -0.15) is 5.26 Å². The molecule has 0 aliphatic carbocycles. The molecule has 0 spiro atoms. The van der Waals surface area contributed by atoms with Crippen LogP contribution in [0.1, 0.15) is 26.2 Å². The normalized spacial score (nSPS) is 25.1. The van der Waals surface area contributed by atoms with Crippen molar-refractivity contribution in [3.8, 4) is 6.07 Å². The number of ether oxygens (including phenoxy) is 1. The highest BCUT2D eigenvalue weighted by molar-refractivity contribution is 4.78. The van der Waals surface area contributed by atoms with E-state index in [0.717, 1.165) is 39.0 Å². The molecule has 1 N–H and O–H groups in total. The van der Waals surface area contributed by atoms with Gasteiger partial charge in [-0.3, -0.25) is 0 Å². The second-order valence-electron chi connectivity index (χ2n) is 3.66. The molecule has 0 aromatic heterocycles. The van der Waals surface area contributed by atoms with E-state index < -0.39 is 0 Å². The second kappa shape index (κ2) is 5.95. The van der Waals surface area contributed by atoms with Gasteiger partial charge in [0.1, 0.15) is 0 Å². The maximum atomic E-state index is 8.58. The molecular weight excluding hydrogens is 164 g/mol. The zero-order valence-electron chi connectivity index (χ0n) is 8.25. The van der Waals surface area contributed by atoms with Crippen LogP contribution in [0.15, 0.2) is 0 Å². The van der Waals surface area contributed by atoms with Crippen LogP contribution in [0, 0.1) is 17.2 Å². The third-order valence-electron chi connectivity index (χ3n) is 2.39. The Morgan fingerprint density at radius 1 is 1.69 bits per heavy atom. The van der Waals surface area contributed by atoms with E-state index in [-0.39, 0.29) is 5.92 Å². The summed E-state index contributed by atoms with van der Waals surface area (Å²) < 4.78 is 5.55. The summed E-state index contributed by atoms with van der Waals surface area (Å²) in [5.74, 6) is 0.191. The van der Waals surface area contributed by atoms with Crippen LogP contribution in [-0.2, 0) is 4.74 Å². The first-order chi connectivity index (χ1) is 6.33. The number of nitrogens with one attached hydrogen (secondary N) is 1. The number of hydrogen-bond acceptors (Lipinski definition) is 3. The van der Waals surface area contributed by atoms with Gasteiger partial charge in [-0.15, -0.1) is 0 Å². The van der Waals surface area contributed by atoms with Crippen molar-refractivity contribution in [2.24, 2.45) is 5.92 Å². The van der Waals surface area contributed by atoms with Crippen molar-refractivity contribution in [2.75, 3.05) is 19.7 Å². The molecule has 1 aliphatic heterocycles. The van der Waals surface area contributed by atoms with E-state index in [1.54, 1.807) is 0 Å². The van der Waals surface area contributed by atoms with E-state index in [0.29, 0.717) is 6.10 Å². The van der Waals surface area contributed by atoms with Crippen LogP contribution in [-0.4, -0.2) is 25.8 Å². The minimum absolute atomic E-state index is 0.191. The fourth-order valence-corrected chi connectivity index (χ4v) is 1.52. The van der Waals surface area contributed by atoms with Crippen LogP contribution in [0.4, 0.5) is 0 Å². The van der Waals surface area contributed by atoms with Crippen molar-refractivity contribution in [2.45, 2.75) is 32.3 Å². The maximum Gasteiger partial charge on any atom is 0.0700 e. The van der Waals surface area contributed by atoms with Gasteiger partial charge in [0.2, 0.25) is 0 Å². The Labute approximate surface area is 80.1 Å². The zero-order valence-corrected chi connectivity index (χ0v) is 8.25. The largest absolute Gasteiger partial charge is 0.376 e. The second-order valence-corrected chi connectivity index (χ2v) is 3.66. The van der Waals surface area contributed by atoms with Gasteiger partial charge in [-0.05, 0) is 26.2 Å². The van der Waals surface area contributed by atoms with E-state index in [2.05, 4.69) is 11.4 Å². The Morgan fingerprint density at radius 2 is 2.54 bits per heavy atom. The lowest BCUT2D eigenvalue weighted by atomic mass is 10.0. The Balaban J connectivity index is 2.02. The fraction of sp³-hybridized carbons (Fsp3) is 0.900. The van der Waals surface area contributed by atoms with E-state index in [1.807, 2.05) is 6.92 Å². The number of nitrogens with zero attached hydrogens (tertiary/aromatic N) is 1. The molecule has 0 saturated carbocycles. The lowest BCUT2D eigenvalue weighted by Crippen LogP contribution is -2.38. The Bertz CT molecular complexity index is 170. The highest BCUT2D eigenvalue weighted by atomic mass is 16.5. The third-order valence-corrected chi connectivity index (χ3v) is 2.39. The molecule has 3 nitrogen and oxygen atoms in total. The first-order valence-electron chi connectivity index (χ1n) is 5.05. The topological polar surface area (TPSA) is 45.0 Å². The Kier molecular flexibility index (Phi) is 4.81. The predicted molar refractivity (Wildman–Crippen MR) is 51.2 cm³/mol. The molecule has 0 bridgehead atoms. The summed E-state index contributed by atoms with van der Waals surface area (Å²) in [6.07, 6.45) is 3.55. The molecule has 1 rings (SSSR count). The maximum absolute atomic E-state index is 8.58. The van der Waals surface area contributed by atoms with Crippen LogP contribution in [0.5, 0.6) is 0 Å². The van der Waals surface area contributed by atoms with Crippen molar-refractivity contribution in [3.05, 3.63) is 0 Å². The molecule has 1 fully saturated rings. The van der Waals surface area contributed by atoms with Crippen LogP contribution in [0.3, 0.4) is 0 Å². The molecule has 1 saturated heterocycles. The molecule has 3 heteroatoms. The average Bonchev–Trinajstić information content (AvgIpc) is 2.19. The number of rotatable bonds is 4. The molecule has 0 aromatic rings. The smallest absolute Gasteiger partial charge is 0.0700 e. The van der Waals surface area contributed by atoms with Crippen molar-refractivity contribution in [1.82, 2.24) is 5.32 Å². The lowest BCUT2D eigenvalue weighted by Gasteiger charge is -2.23. The summed E-state index contributed by atoms with van der Waals surface area (Å²) in [6.45, 7) is 4.75. The van der Waals surface area contributed by atoms with Crippen LogP contribution >= 0.6 is 0 Å². The van der Waals surface area contributed by atoms with E-state index in [4.69, 9.17) is 10.00 Å². The van der Waals surface area contributed by atoms with Crippen LogP contribution < -0.4 is 5.32 Å². The highest BCUT2D eigenvalue weighted by Gasteiger charge is 2.12. The Morgan fingerprint density at radius 3 is 3.15 bits per heavy atom. The monoisotopic (exact) mass is 182 g/mol. The van der Waals surface area contributed by atoms with Crippen molar-refractivity contribution >= 4 is 0 Å². The van der Waals surface area contributed by atoms with Gasteiger partial charge in [0, 0.05) is 19.0 Å². The molecule has 1 aliphatic rings. The Hall–Kier alpha value is -0.590. The molecule has 0 amide bonds. The first kappa shape index (κ1) is 10.5. The van der Waals surface area contributed by atoms with Crippen molar-refractivity contribution < 1.29 is 4.74 Å². The minimum atomic E-state index is 0.191. The van der Waals surface area contributed by atoms with Crippen LogP contribution in [0.2, 0.25) is 0 Å². The molecule has 74 valence electrons. The molecule has 1 heterocycles. The molecular formula is C10H18N2O. The number of hydrogen-bond donors (Lipinski definition) is 1. The minimum Gasteiger partial charge on any atom is -0.376 e. The zero-order chi connectivity index (χ0) is 9.52. The summed E-state index contributed by atoms with van der Waals surface area (Å²) in [7, 11) is 0. The predicted octanol–water partition coefficient (Wildman–Crippen LogP) is 1.30. The van der Waals surface area contributed by atoms with Gasteiger partial charge in [-0.25, -0.2) is 0 Å². The van der Waals surface area contributed by atoms with E-state index >= 15 is 0 Å². The van der Waals surface area contributed by atoms with Crippen LogP contribution in [0.25, 0.3) is 0 Å². The summed E-state index contributed by atoms with van der Waals surface area (Å²) in [4.78, 5) is 0. The number of nitriles is 1. The molecule has 13 heavy (non-hydrogen) atoms. The quantitative estimate of drug-likeness (QED) is 0.713. The van der Waals surface area contributed by atoms with Gasteiger partial charge in [-0.1, -0.05) is 0 Å². The highest BCUT2D eigenvalue weighted by Crippen LogP contribution is 2.11. The van der Waals surface area contributed by atoms with Gasteiger partial charge >= 0.3 is 0 Å². The summed E-state index contributed by atoms with van der Waals surface area (Å²) in [5, 5.41) is 11.9. The van der Waals surface area contributed by atoms with E-state index in [1.165, 1.54) is 0 Å². The molecule has 2 atom stereocenters. The summed E-state index contributed by atoms with van der Waals surface area (Å²) >= 11 is 0.